The highest BCUT2D eigenvalue weighted by Gasteiger charge is 2.38. The van der Waals surface area contributed by atoms with Gasteiger partial charge in [-0.1, -0.05) is 12.8 Å². The number of likely N-dealkylation sites (tertiary alicyclic amines) is 1. The van der Waals surface area contributed by atoms with Crippen LogP contribution >= 0.6 is 0 Å². The molecule has 1 saturated heterocycles. The topological polar surface area (TPSA) is 78.1 Å². The number of rotatable bonds is 3. The SMILES string of the molecule is C[C@@H](NC(=O)c1cc2ccncc2[nH]1)C(=O)N1CCC2(CCCC2)CC1. The predicted molar refractivity (Wildman–Crippen MR) is 99.7 cm³/mol. The van der Waals surface area contributed by atoms with Crippen molar-refractivity contribution in [1.29, 1.82) is 0 Å². The quantitative estimate of drug-likeness (QED) is 0.890. The Hall–Kier alpha value is -2.37. The van der Waals surface area contributed by atoms with Gasteiger partial charge in [0.15, 0.2) is 0 Å². The van der Waals surface area contributed by atoms with Gasteiger partial charge >= 0.3 is 0 Å². The number of fused-ring (bicyclic) bond motifs is 1. The van der Waals surface area contributed by atoms with E-state index in [1.807, 2.05) is 11.0 Å². The summed E-state index contributed by atoms with van der Waals surface area (Å²) >= 11 is 0. The molecule has 0 radical (unpaired) electrons. The van der Waals surface area contributed by atoms with E-state index in [4.69, 9.17) is 0 Å². The molecule has 138 valence electrons. The van der Waals surface area contributed by atoms with Crippen molar-refractivity contribution < 1.29 is 9.59 Å². The van der Waals surface area contributed by atoms with Crippen LogP contribution in [0.3, 0.4) is 0 Å². The lowest BCUT2D eigenvalue weighted by molar-refractivity contribution is -0.135. The normalized spacial score (nSPS) is 20.4. The number of aromatic nitrogens is 2. The van der Waals surface area contributed by atoms with Crippen molar-refractivity contribution in [3.8, 4) is 0 Å². The van der Waals surface area contributed by atoms with Crippen LogP contribution in [0.2, 0.25) is 0 Å². The van der Waals surface area contributed by atoms with Crippen LogP contribution in [0, 0.1) is 5.41 Å². The molecule has 2 aromatic heterocycles. The first kappa shape index (κ1) is 17.1. The molecule has 0 aromatic carbocycles. The standard InChI is InChI=1S/C20H26N4O2/c1-14(19(26)24-10-7-20(8-11-24)5-2-3-6-20)22-18(25)16-12-15-4-9-21-13-17(15)23-16/h4,9,12-14,23H,2-3,5-8,10-11H2,1H3,(H,22,25)/t14-/m1/s1. The number of piperidine rings is 1. The molecule has 0 bridgehead atoms. The van der Waals surface area contributed by atoms with Crippen LogP contribution in [0.5, 0.6) is 0 Å². The summed E-state index contributed by atoms with van der Waals surface area (Å²) in [7, 11) is 0. The van der Waals surface area contributed by atoms with Crippen molar-refractivity contribution in [1.82, 2.24) is 20.2 Å². The monoisotopic (exact) mass is 354 g/mol. The number of aromatic amines is 1. The fraction of sp³-hybridized carbons (Fsp3) is 0.550. The molecular formula is C20H26N4O2. The molecule has 1 aliphatic heterocycles. The molecule has 4 rings (SSSR count). The largest absolute Gasteiger partial charge is 0.349 e. The molecule has 0 unspecified atom stereocenters. The highest BCUT2D eigenvalue weighted by atomic mass is 16.2. The molecule has 1 saturated carbocycles. The lowest BCUT2D eigenvalue weighted by Gasteiger charge is -2.40. The van der Waals surface area contributed by atoms with Gasteiger partial charge in [-0.15, -0.1) is 0 Å². The van der Waals surface area contributed by atoms with Crippen LogP contribution < -0.4 is 5.32 Å². The smallest absolute Gasteiger partial charge is 0.268 e. The first-order valence-corrected chi connectivity index (χ1v) is 9.59. The Labute approximate surface area is 153 Å². The number of hydrogen-bond donors (Lipinski definition) is 2. The molecule has 2 aliphatic rings. The number of pyridine rings is 1. The van der Waals surface area contributed by atoms with Gasteiger partial charge in [0, 0.05) is 24.7 Å². The minimum atomic E-state index is -0.523. The van der Waals surface area contributed by atoms with Gasteiger partial charge in [-0.05, 0) is 50.2 Å². The van der Waals surface area contributed by atoms with Crippen molar-refractivity contribution >= 4 is 22.7 Å². The summed E-state index contributed by atoms with van der Waals surface area (Å²) in [6.45, 7) is 3.40. The van der Waals surface area contributed by atoms with E-state index in [0.717, 1.165) is 36.8 Å². The Bertz CT molecular complexity index is 779. The molecule has 2 aromatic rings. The average molecular weight is 354 g/mol. The maximum atomic E-state index is 12.7. The number of H-pyrrole nitrogens is 1. The van der Waals surface area contributed by atoms with Crippen molar-refractivity contribution in [2.75, 3.05) is 13.1 Å². The Morgan fingerprint density at radius 2 is 1.96 bits per heavy atom. The minimum Gasteiger partial charge on any atom is -0.349 e. The number of nitrogens with zero attached hydrogens (tertiary/aromatic N) is 2. The van der Waals surface area contributed by atoms with E-state index in [1.165, 1.54) is 25.7 Å². The van der Waals surface area contributed by atoms with Crippen LogP contribution in [0.4, 0.5) is 0 Å². The number of amides is 2. The van der Waals surface area contributed by atoms with E-state index in [-0.39, 0.29) is 11.8 Å². The van der Waals surface area contributed by atoms with Gasteiger partial charge < -0.3 is 15.2 Å². The third-order valence-corrected chi connectivity index (χ3v) is 6.19. The molecule has 1 aliphatic carbocycles. The summed E-state index contributed by atoms with van der Waals surface area (Å²) in [6.07, 6.45) is 10.9. The Balaban J connectivity index is 1.35. The maximum absolute atomic E-state index is 12.7. The van der Waals surface area contributed by atoms with Gasteiger partial charge in [0.05, 0.1) is 11.7 Å². The molecule has 26 heavy (non-hydrogen) atoms. The van der Waals surface area contributed by atoms with Crippen molar-refractivity contribution in [2.45, 2.75) is 51.5 Å². The predicted octanol–water partition coefficient (Wildman–Crippen LogP) is 2.86. The lowest BCUT2D eigenvalue weighted by Crippen LogP contribution is -2.50. The van der Waals surface area contributed by atoms with Gasteiger partial charge in [-0.25, -0.2) is 0 Å². The summed E-state index contributed by atoms with van der Waals surface area (Å²) in [5.74, 6) is -0.240. The molecule has 6 nitrogen and oxygen atoms in total. The van der Waals surface area contributed by atoms with Crippen molar-refractivity contribution in [3.05, 3.63) is 30.2 Å². The fourth-order valence-electron chi connectivity index (χ4n) is 4.53. The van der Waals surface area contributed by atoms with Crippen LogP contribution in [-0.2, 0) is 4.79 Å². The molecule has 6 heteroatoms. The second kappa shape index (κ2) is 6.74. The zero-order chi connectivity index (χ0) is 18.1. The number of hydrogen-bond acceptors (Lipinski definition) is 3. The zero-order valence-corrected chi connectivity index (χ0v) is 15.3. The van der Waals surface area contributed by atoms with Crippen molar-refractivity contribution in [3.63, 3.8) is 0 Å². The van der Waals surface area contributed by atoms with Gasteiger partial charge in [0.2, 0.25) is 5.91 Å². The lowest BCUT2D eigenvalue weighted by atomic mass is 9.77. The highest BCUT2D eigenvalue weighted by molar-refractivity contribution is 5.99. The molecule has 2 N–H and O–H groups in total. The maximum Gasteiger partial charge on any atom is 0.268 e. The summed E-state index contributed by atoms with van der Waals surface area (Å²) in [5, 5.41) is 3.77. The van der Waals surface area contributed by atoms with Crippen LogP contribution in [0.1, 0.15) is 55.9 Å². The summed E-state index contributed by atoms with van der Waals surface area (Å²) < 4.78 is 0. The third-order valence-electron chi connectivity index (χ3n) is 6.19. The average Bonchev–Trinajstić information content (AvgIpc) is 3.29. The summed E-state index contributed by atoms with van der Waals surface area (Å²) in [5.41, 5.74) is 1.76. The zero-order valence-electron chi connectivity index (χ0n) is 15.3. The Morgan fingerprint density at radius 3 is 2.65 bits per heavy atom. The van der Waals surface area contributed by atoms with E-state index in [0.29, 0.717) is 11.1 Å². The second-order valence-corrected chi connectivity index (χ2v) is 7.87. The van der Waals surface area contributed by atoms with Crippen LogP contribution in [0.15, 0.2) is 24.5 Å². The number of carbonyl (C=O) groups excluding carboxylic acids is 2. The van der Waals surface area contributed by atoms with E-state index >= 15 is 0 Å². The van der Waals surface area contributed by atoms with Crippen LogP contribution in [0.25, 0.3) is 10.9 Å². The molecule has 1 spiro atoms. The number of nitrogens with one attached hydrogen (secondary N) is 2. The van der Waals surface area contributed by atoms with E-state index in [9.17, 15) is 9.59 Å². The number of carbonyl (C=O) groups is 2. The first-order valence-electron chi connectivity index (χ1n) is 9.59. The van der Waals surface area contributed by atoms with Crippen molar-refractivity contribution in [2.24, 2.45) is 5.41 Å². The Morgan fingerprint density at radius 1 is 1.23 bits per heavy atom. The molecule has 2 fully saturated rings. The summed E-state index contributed by atoms with van der Waals surface area (Å²) in [6, 6.07) is 3.11. The molecule has 3 heterocycles. The van der Waals surface area contributed by atoms with Gasteiger partial charge in [-0.3, -0.25) is 14.6 Å². The van der Waals surface area contributed by atoms with Crippen LogP contribution in [-0.4, -0.2) is 45.8 Å². The molecule has 1 atom stereocenters. The highest BCUT2D eigenvalue weighted by Crippen LogP contribution is 2.46. The van der Waals surface area contributed by atoms with Gasteiger partial charge in [0.1, 0.15) is 11.7 Å². The molecule has 2 amide bonds. The second-order valence-electron chi connectivity index (χ2n) is 7.87. The van der Waals surface area contributed by atoms with E-state index < -0.39 is 6.04 Å². The fourth-order valence-corrected chi connectivity index (χ4v) is 4.53. The first-order chi connectivity index (χ1) is 12.6. The Kier molecular flexibility index (Phi) is 4.42. The summed E-state index contributed by atoms with van der Waals surface area (Å²) in [4.78, 5) is 34.2. The van der Waals surface area contributed by atoms with E-state index in [2.05, 4.69) is 15.3 Å². The minimum absolute atomic E-state index is 0.0176. The van der Waals surface area contributed by atoms with Gasteiger partial charge in [0.25, 0.3) is 5.91 Å². The molecular weight excluding hydrogens is 328 g/mol. The van der Waals surface area contributed by atoms with Gasteiger partial charge in [-0.2, -0.15) is 0 Å². The van der Waals surface area contributed by atoms with E-state index in [1.54, 1.807) is 25.4 Å². The third kappa shape index (κ3) is 3.20.